The predicted octanol–water partition coefficient (Wildman–Crippen LogP) is 3.17. The zero-order valence-corrected chi connectivity index (χ0v) is 13.5. The highest BCUT2D eigenvalue weighted by Crippen LogP contribution is 2.20. The molecule has 1 aromatic carbocycles. The number of oxazole rings is 1. The molecule has 1 heterocycles. The minimum absolute atomic E-state index is 0.0765. The van der Waals surface area contributed by atoms with Gasteiger partial charge < -0.3 is 4.42 Å². The van der Waals surface area contributed by atoms with Crippen LogP contribution in [0.3, 0.4) is 0 Å². The highest BCUT2D eigenvalue weighted by Gasteiger charge is 2.16. The molecule has 1 N–H and O–H groups in total. The Hall–Kier alpha value is -1.08. The SMILES string of the molecule is CC(CNS(=O)(=O)CC=C(Cl)Cl)c1nc2ccccc2o1. The van der Waals surface area contributed by atoms with Crippen LogP contribution in [0.25, 0.3) is 11.1 Å². The Morgan fingerprint density at radius 3 is 2.81 bits per heavy atom. The number of fused-ring (bicyclic) bond motifs is 1. The monoisotopic (exact) mass is 348 g/mol. The highest BCUT2D eigenvalue weighted by atomic mass is 35.5. The fourth-order valence-corrected chi connectivity index (χ4v) is 3.02. The van der Waals surface area contributed by atoms with Crippen molar-refractivity contribution in [2.45, 2.75) is 12.8 Å². The van der Waals surface area contributed by atoms with Gasteiger partial charge in [-0.25, -0.2) is 18.1 Å². The molecule has 5 nitrogen and oxygen atoms in total. The van der Waals surface area contributed by atoms with Crippen molar-refractivity contribution in [1.82, 2.24) is 9.71 Å². The van der Waals surface area contributed by atoms with Crippen molar-refractivity contribution in [2.24, 2.45) is 0 Å². The van der Waals surface area contributed by atoms with E-state index >= 15 is 0 Å². The van der Waals surface area contributed by atoms with Crippen LogP contribution in [0.5, 0.6) is 0 Å². The first-order chi connectivity index (χ1) is 9.87. The number of benzene rings is 1. The number of hydrogen-bond acceptors (Lipinski definition) is 4. The fourth-order valence-electron chi connectivity index (χ4n) is 1.67. The molecule has 0 saturated heterocycles. The second-order valence-electron chi connectivity index (χ2n) is 4.54. The number of sulfonamides is 1. The molecule has 0 radical (unpaired) electrons. The maximum absolute atomic E-state index is 11.7. The number of aromatic nitrogens is 1. The largest absolute Gasteiger partial charge is 0.440 e. The normalized spacial score (nSPS) is 13.3. The number of hydrogen-bond donors (Lipinski definition) is 1. The summed E-state index contributed by atoms with van der Waals surface area (Å²) >= 11 is 10.8. The van der Waals surface area contributed by atoms with E-state index in [2.05, 4.69) is 9.71 Å². The third-order valence-corrected chi connectivity index (χ3v) is 4.32. The van der Waals surface area contributed by atoms with E-state index in [1.165, 1.54) is 6.08 Å². The van der Waals surface area contributed by atoms with Crippen LogP contribution in [0.4, 0.5) is 0 Å². The molecule has 0 aliphatic rings. The summed E-state index contributed by atoms with van der Waals surface area (Å²) < 4.78 is 31.4. The van der Waals surface area contributed by atoms with Crippen molar-refractivity contribution in [3.05, 3.63) is 40.7 Å². The lowest BCUT2D eigenvalue weighted by Gasteiger charge is -2.08. The molecule has 0 aliphatic carbocycles. The summed E-state index contributed by atoms with van der Waals surface area (Å²) in [5, 5.41) is 0. The van der Waals surface area contributed by atoms with Gasteiger partial charge in [0.25, 0.3) is 0 Å². The van der Waals surface area contributed by atoms with Crippen LogP contribution in [0.2, 0.25) is 0 Å². The van der Waals surface area contributed by atoms with E-state index in [0.717, 1.165) is 5.52 Å². The molecule has 0 aliphatic heterocycles. The maximum atomic E-state index is 11.7. The van der Waals surface area contributed by atoms with Crippen molar-refractivity contribution in [2.75, 3.05) is 12.3 Å². The van der Waals surface area contributed by atoms with Crippen LogP contribution < -0.4 is 4.72 Å². The van der Waals surface area contributed by atoms with E-state index in [4.69, 9.17) is 27.6 Å². The third kappa shape index (κ3) is 4.71. The van der Waals surface area contributed by atoms with Crippen molar-refractivity contribution < 1.29 is 12.8 Å². The van der Waals surface area contributed by atoms with Gasteiger partial charge in [0.1, 0.15) is 10.0 Å². The molecule has 0 saturated carbocycles. The molecule has 2 rings (SSSR count). The van der Waals surface area contributed by atoms with Crippen LogP contribution in [-0.2, 0) is 10.0 Å². The lowest BCUT2D eigenvalue weighted by molar-refractivity contribution is 0.480. The van der Waals surface area contributed by atoms with Gasteiger partial charge in [-0.15, -0.1) is 0 Å². The van der Waals surface area contributed by atoms with Crippen molar-refractivity contribution >= 4 is 44.3 Å². The van der Waals surface area contributed by atoms with E-state index in [1.54, 1.807) is 0 Å². The van der Waals surface area contributed by atoms with Gasteiger partial charge in [-0.1, -0.05) is 42.3 Å². The molecule has 0 amide bonds. The van der Waals surface area contributed by atoms with E-state index in [9.17, 15) is 8.42 Å². The average Bonchev–Trinajstić information content (AvgIpc) is 2.87. The Morgan fingerprint density at radius 2 is 2.14 bits per heavy atom. The van der Waals surface area contributed by atoms with Crippen molar-refractivity contribution in [1.29, 1.82) is 0 Å². The summed E-state index contributed by atoms with van der Waals surface area (Å²) in [7, 11) is -3.47. The molecule has 0 spiro atoms. The smallest absolute Gasteiger partial charge is 0.215 e. The van der Waals surface area contributed by atoms with Gasteiger partial charge in [0, 0.05) is 12.5 Å². The standard InChI is InChI=1S/C13H14Cl2N2O3S/c1-9(8-16-21(18,19)7-6-12(14)15)13-17-10-4-2-3-5-11(10)20-13/h2-6,9,16H,7-8H2,1H3. The van der Waals surface area contributed by atoms with Crippen LogP contribution >= 0.6 is 23.2 Å². The van der Waals surface area contributed by atoms with E-state index < -0.39 is 10.0 Å². The summed E-state index contributed by atoms with van der Waals surface area (Å²) in [5.74, 6) is 0.0303. The van der Waals surface area contributed by atoms with Gasteiger partial charge in [0.15, 0.2) is 11.5 Å². The van der Waals surface area contributed by atoms with Crippen LogP contribution in [0.15, 0.2) is 39.3 Å². The van der Waals surface area contributed by atoms with E-state index in [-0.39, 0.29) is 22.7 Å². The van der Waals surface area contributed by atoms with Crippen LogP contribution in [-0.4, -0.2) is 25.7 Å². The molecule has 1 unspecified atom stereocenters. The van der Waals surface area contributed by atoms with E-state index in [1.807, 2.05) is 31.2 Å². The molecule has 21 heavy (non-hydrogen) atoms. The number of nitrogens with zero attached hydrogens (tertiary/aromatic N) is 1. The quantitative estimate of drug-likeness (QED) is 0.869. The fraction of sp³-hybridized carbons (Fsp3) is 0.308. The summed E-state index contributed by atoms with van der Waals surface area (Å²) in [6, 6.07) is 7.37. The van der Waals surface area contributed by atoms with E-state index in [0.29, 0.717) is 11.5 Å². The Bertz CT molecular complexity index is 719. The maximum Gasteiger partial charge on any atom is 0.215 e. The second kappa shape index (κ2) is 6.79. The molecule has 2 aromatic rings. The molecule has 114 valence electrons. The Kier molecular flexibility index (Phi) is 5.27. The summed E-state index contributed by atoms with van der Waals surface area (Å²) in [5.41, 5.74) is 1.43. The number of rotatable bonds is 6. The predicted molar refractivity (Wildman–Crippen MR) is 84.0 cm³/mol. The molecular weight excluding hydrogens is 335 g/mol. The molecular formula is C13H14Cl2N2O3S. The Balaban J connectivity index is 2.01. The molecule has 1 aromatic heterocycles. The second-order valence-corrected chi connectivity index (χ2v) is 7.40. The summed E-state index contributed by atoms with van der Waals surface area (Å²) in [6.07, 6.45) is 1.22. The van der Waals surface area contributed by atoms with Gasteiger partial charge in [0.2, 0.25) is 10.0 Å². The first-order valence-electron chi connectivity index (χ1n) is 6.21. The minimum Gasteiger partial charge on any atom is -0.440 e. The number of para-hydroxylation sites is 2. The average molecular weight is 349 g/mol. The van der Waals surface area contributed by atoms with Crippen molar-refractivity contribution in [3.63, 3.8) is 0 Å². The zero-order valence-electron chi connectivity index (χ0n) is 11.2. The Labute approximate surface area is 133 Å². The van der Waals surface area contributed by atoms with Crippen LogP contribution in [0, 0.1) is 0 Å². The topological polar surface area (TPSA) is 72.2 Å². The molecule has 8 heteroatoms. The summed E-state index contributed by atoms with van der Waals surface area (Å²) in [6.45, 7) is 2.01. The molecule has 0 fully saturated rings. The van der Waals surface area contributed by atoms with Gasteiger partial charge in [-0.05, 0) is 18.2 Å². The van der Waals surface area contributed by atoms with Gasteiger partial charge in [0.05, 0.1) is 5.75 Å². The minimum atomic E-state index is -3.47. The number of nitrogens with one attached hydrogen (secondary N) is 1. The molecule has 0 bridgehead atoms. The van der Waals surface area contributed by atoms with Gasteiger partial charge in [-0.2, -0.15) is 0 Å². The summed E-state index contributed by atoms with van der Waals surface area (Å²) in [4.78, 5) is 4.33. The first-order valence-corrected chi connectivity index (χ1v) is 8.62. The van der Waals surface area contributed by atoms with Gasteiger partial charge in [-0.3, -0.25) is 0 Å². The lowest BCUT2D eigenvalue weighted by atomic mass is 10.2. The zero-order chi connectivity index (χ0) is 15.5. The number of halogens is 2. The van der Waals surface area contributed by atoms with Crippen molar-refractivity contribution in [3.8, 4) is 0 Å². The Morgan fingerprint density at radius 1 is 1.43 bits per heavy atom. The lowest BCUT2D eigenvalue weighted by Crippen LogP contribution is -2.29. The third-order valence-electron chi connectivity index (χ3n) is 2.80. The van der Waals surface area contributed by atoms with Crippen LogP contribution in [0.1, 0.15) is 18.7 Å². The van der Waals surface area contributed by atoms with Gasteiger partial charge >= 0.3 is 0 Å². The highest BCUT2D eigenvalue weighted by molar-refractivity contribution is 7.89. The first kappa shape index (κ1) is 16.3. The molecule has 1 atom stereocenters.